The fraction of sp³-hybridized carbons (Fsp3) is 0.917. The average molecular weight is 214 g/mol. The molecule has 3 heteroatoms. The van der Waals surface area contributed by atoms with Crippen molar-refractivity contribution in [2.24, 2.45) is 0 Å². The summed E-state index contributed by atoms with van der Waals surface area (Å²) >= 11 is 0. The number of hydrogen-bond acceptors (Lipinski definition) is 2. The summed E-state index contributed by atoms with van der Waals surface area (Å²) < 4.78 is 5.78. The van der Waals surface area contributed by atoms with E-state index in [0.717, 1.165) is 19.3 Å². The van der Waals surface area contributed by atoms with Crippen molar-refractivity contribution in [2.75, 3.05) is 0 Å². The number of carboxylic acids is 1. The smallest absolute Gasteiger partial charge is 0.335 e. The van der Waals surface area contributed by atoms with Gasteiger partial charge >= 0.3 is 5.97 Å². The van der Waals surface area contributed by atoms with Crippen LogP contribution in [0.5, 0.6) is 0 Å². The molecule has 0 amide bonds. The maximum Gasteiger partial charge on any atom is 0.335 e. The van der Waals surface area contributed by atoms with E-state index in [1.165, 1.54) is 19.3 Å². The Kier molecular flexibility index (Phi) is 4.58. The largest absolute Gasteiger partial charge is 0.479 e. The molecular formula is C12H22O3. The topological polar surface area (TPSA) is 46.5 Å². The summed E-state index contributed by atoms with van der Waals surface area (Å²) in [4.78, 5) is 11.2. The number of carbonyl (C=O) groups is 1. The minimum atomic E-state index is -0.975. The van der Waals surface area contributed by atoms with Crippen LogP contribution in [0.2, 0.25) is 0 Å². The van der Waals surface area contributed by atoms with Gasteiger partial charge in [0.15, 0.2) is 5.60 Å². The van der Waals surface area contributed by atoms with E-state index in [0.29, 0.717) is 6.42 Å². The molecule has 0 heterocycles. The predicted molar refractivity (Wildman–Crippen MR) is 58.9 cm³/mol. The first-order valence-electron chi connectivity index (χ1n) is 5.99. The Balaban J connectivity index is 2.52. The van der Waals surface area contributed by atoms with Crippen molar-refractivity contribution in [3.63, 3.8) is 0 Å². The zero-order valence-corrected chi connectivity index (χ0v) is 9.79. The first-order chi connectivity index (χ1) is 7.08. The van der Waals surface area contributed by atoms with Gasteiger partial charge in [-0.05, 0) is 26.2 Å². The van der Waals surface area contributed by atoms with Gasteiger partial charge in [0.05, 0.1) is 6.10 Å². The van der Waals surface area contributed by atoms with Crippen LogP contribution in [0, 0.1) is 0 Å². The summed E-state index contributed by atoms with van der Waals surface area (Å²) in [5.74, 6) is -0.824. The fourth-order valence-corrected chi connectivity index (χ4v) is 2.24. The molecule has 0 bridgehead atoms. The third-order valence-corrected chi connectivity index (χ3v) is 3.16. The molecule has 1 atom stereocenters. The van der Waals surface area contributed by atoms with Crippen LogP contribution >= 0.6 is 0 Å². The zero-order chi connectivity index (χ0) is 11.3. The molecule has 1 unspecified atom stereocenters. The number of ether oxygens (including phenoxy) is 1. The van der Waals surface area contributed by atoms with Crippen LogP contribution in [0.4, 0.5) is 0 Å². The highest BCUT2D eigenvalue weighted by atomic mass is 16.5. The van der Waals surface area contributed by atoms with Crippen molar-refractivity contribution in [3.8, 4) is 0 Å². The predicted octanol–water partition coefficient (Wildman–Crippen LogP) is 2.98. The highest BCUT2D eigenvalue weighted by Crippen LogP contribution is 2.27. The van der Waals surface area contributed by atoms with Gasteiger partial charge in [0.25, 0.3) is 0 Å². The maximum atomic E-state index is 11.2. The Bertz CT molecular complexity index is 209. The minimum Gasteiger partial charge on any atom is -0.479 e. The lowest BCUT2D eigenvalue weighted by Crippen LogP contribution is -2.42. The van der Waals surface area contributed by atoms with E-state index in [9.17, 15) is 4.79 Å². The highest BCUT2D eigenvalue weighted by molar-refractivity contribution is 5.76. The maximum absolute atomic E-state index is 11.2. The third kappa shape index (κ3) is 3.49. The fourth-order valence-electron chi connectivity index (χ4n) is 2.24. The summed E-state index contributed by atoms with van der Waals surface area (Å²) in [6.45, 7) is 3.69. The van der Waals surface area contributed by atoms with Gasteiger partial charge in [0.2, 0.25) is 0 Å². The molecular weight excluding hydrogens is 192 g/mol. The molecule has 88 valence electrons. The van der Waals surface area contributed by atoms with E-state index < -0.39 is 11.6 Å². The van der Waals surface area contributed by atoms with E-state index in [1.54, 1.807) is 6.92 Å². The van der Waals surface area contributed by atoms with Gasteiger partial charge in [-0.1, -0.05) is 32.6 Å². The molecule has 1 aliphatic rings. The van der Waals surface area contributed by atoms with Crippen LogP contribution in [-0.2, 0) is 9.53 Å². The van der Waals surface area contributed by atoms with Crippen LogP contribution in [0.15, 0.2) is 0 Å². The normalized spacial score (nSPS) is 22.3. The summed E-state index contributed by atoms with van der Waals surface area (Å²) in [7, 11) is 0. The molecule has 1 rings (SSSR count). The van der Waals surface area contributed by atoms with Crippen LogP contribution in [0.25, 0.3) is 0 Å². The van der Waals surface area contributed by atoms with Gasteiger partial charge in [0.1, 0.15) is 0 Å². The van der Waals surface area contributed by atoms with Crippen molar-refractivity contribution >= 4 is 5.97 Å². The van der Waals surface area contributed by atoms with E-state index >= 15 is 0 Å². The Morgan fingerprint density at radius 2 is 2.00 bits per heavy atom. The molecule has 1 N–H and O–H groups in total. The Morgan fingerprint density at radius 1 is 1.40 bits per heavy atom. The third-order valence-electron chi connectivity index (χ3n) is 3.16. The van der Waals surface area contributed by atoms with Crippen LogP contribution in [0.1, 0.15) is 58.8 Å². The first-order valence-corrected chi connectivity index (χ1v) is 5.99. The van der Waals surface area contributed by atoms with Gasteiger partial charge < -0.3 is 9.84 Å². The molecule has 0 aromatic heterocycles. The van der Waals surface area contributed by atoms with Crippen molar-refractivity contribution in [3.05, 3.63) is 0 Å². The van der Waals surface area contributed by atoms with Crippen LogP contribution in [0.3, 0.4) is 0 Å². The van der Waals surface area contributed by atoms with Gasteiger partial charge in [-0.3, -0.25) is 0 Å². The molecule has 1 fully saturated rings. The summed E-state index contributed by atoms with van der Waals surface area (Å²) in [6.07, 6.45) is 7.25. The molecule has 0 spiro atoms. The second-order valence-corrected chi connectivity index (χ2v) is 4.66. The number of carboxylic acid groups (broad SMARTS) is 1. The molecule has 3 nitrogen and oxygen atoms in total. The van der Waals surface area contributed by atoms with Crippen molar-refractivity contribution < 1.29 is 14.6 Å². The second-order valence-electron chi connectivity index (χ2n) is 4.66. The van der Waals surface area contributed by atoms with Crippen molar-refractivity contribution in [2.45, 2.75) is 70.5 Å². The molecule has 1 aliphatic carbocycles. The molecule has 15 heavy (non-hydrogen) atoms. The number of aliphatic carboxylic acids is 1. The van der Waals surface area contributed by atoms with Gasteiger partial charge in [-0.15, -0.1) is 0 Å². The van der Waals surface area contributed by atoms with E-state index in [2.05, 4.69) is 0 Å². The second kappa shape index (κ2) is 5.50. The Morgan fingerprint density at radius 3 is 2.47 bits per heavy atom. The number of hydrogen-bond donors (Lipinski definition) is 1. The number of rotatable bonds is 5. The zero-order valence-electron chi connectivity index (χ0n) is 9.79. The lowest BCUT2D eigenvalue weighted by Gasteiger charge is -2.32. The molecule has 1 saturated carbocycles. The Labute approximate surface area is 91.8 Å². The van der Waals surface area contributed by atoms with Gasteiger partial charge in [-0.25, -0.2) is 4.79 Å². The summed E-state index contributed by atoms with van der Waals surface area (Å²) in [5, 5.41) is 9.17. The van der Waals surface area contributed by atoms with E-state index in [-0.39, 0.29) is 6.10 Å². The van der Waals surface area contributed by atoms with Crippen LogP contribution in [-0.4, -0.2) is 22.8 Å². The quantitative estimate of drug-likeness (QED) is 0.765. The lowest BCUT2D eigenvalue weighted by molar-refractivity contribution is -0.174. The summed E-state index contributed by atoms with van der Waals surface area (Å²) in [6, 6.07) is 0. The molecule has 0 aliphatic heterocycles. The summed E-state index contributed by atoms with van der Waals surface area (Å²) in [5.41, 5.74) is -0.975. The highest BCUT2D eigenvalue weighted by Gasteiger charge is 2.36. The van der Waals surface area contributed by atoms with Crippen molar-refractivity contribution in [1.29, 1.82) is 0 Å². The first kappa shape index (κ1) is 12.5. The van der Waals surface area contributed by atoms with E-state index in [4.69, 9.17) is 9.84 Å². The van der Waals surface area contributed by atoms with Gasteiger partial charge in [0, 0.05) is 0 Å². The monoisotopic (exact) mass is 214 g/mol. The minimum absolute atomic E-state index is 0.159. The molecule has 0 aromatic carbocycles. The Hall–Kier alpha value is -0.570. The standard InChI is InChI=1S/C12H22O3/c1-3-9-12(2,11(13)14)15-10-7-5-4-6-8-10/h10H,3-9H2,1-2H3,(H,13,14). The van der Waals surface area contributed by atoms with Crippen molar-refractivity contribution in [1.82, 2.24) is 0 Å². The average Bonchev–Trinajstić information content (AvgIpc) is 2.19. The molecule has 0 saturated heterocycles. The lowest BCUT2D eigenvalue weighted by atomic mass is 9.95. The molecule has 0 radical (unpaired) electrons. The SMILES string of the molecule is CCCC(C)(OC1CCCCC1)C(=O)O. The van der Waals surface area contributed by atoms with Gasteiger partial charge in [-0.2, -0.15) is 0 Å². The van der Waals surface area contributed by atoms with Crippen LogP contribution < -0.4 is 0 Å². The molecule has 0 aromatic rings. The van der Waals surface area contributed by atoms with E-state index in [1.807, 2.05) is 6.92 Å².